The zero-order chi connectivity index (χ0) is 17.3. The van der Waals surface area contributed by atoms with Crippen LogP contribution in [0.1, 0.15) is 18.4 Å². The SMILES string of the molecule is CCn1c(CNC(=O)Cn2c(C)c(Br)c3ccccc32)n[nH]c1=S. The van der Waals surface area contributed by atoms with E-state index in [0.717, 1.165) is 33.4 Å². The number of hydrogen-bond acceptors (Lipinski definition) is 3. The Morgan fingerprint density at radius 2 is 2.12 bits per heavy atom. The van der Waals surface area contributed by atoms with Crippen molar-refractivity contribution in [2.24, 2.45) is 0 Å². The van der Waals surface area contributed by atoms with Crippen molar-refractivity contribution < 1.29 is 4.79 Å². The van der Waals surface area contributed by atoms with Gasteiger partial charge in [-0.15, -0.1) is 0 Å². The van der Waals surface area contributed by atoms with Gasteiger partial charge in [-0.05, 0) is 48.1 Å². The van der Waals surface area contributed by atoms with Crippen LogP contribution in [0.15, 0.2) is 28.7 Å². The lowest BCUT2D eigenvalue weighted by Gasteiger charge is -2.09. The van der Waals surface area contributed by atoms with E-state index in [1.54, 1.807) is 0 Å². The molecule has 0 fully saturated rings. The van der Waals surface area contributed by atoms with E-state index in [9.17, 15) is 4.79 Å². The summed E-state index contributed by atoms with van der Waals surface area (Å²) in [7, 11) is 0. The summed E-state index contributed by atoms with van der Waals surface area (Å²) in [4.78, 5) is 12.4. The first-order valence-corrected chi connectivity index (χ1v) is 8.87. The molecule has 24 heavy (non-hydrogen) atoms. The van der Waals surface area contributed by atoms with Gasteiger partial charge in [0, 0.05) is 27.6 Å². The number of para-hydroxylation sites is 1. The molecular formula is C16H18BrN5OS. The van der Waals surface area contributed by atoms with Crippen LogP contribution >= 0.6 is 28.1 Å². The maximum Gasteiger partial charge on any atom is 0.240 e. The van der Waals surface area contributed by atoms with Crippen molar-refractivity contribution in [3.05, 3.63) is 45.0 Å². The third-order valence-corrected chi connectivity index (χ3v) is 5.37. The van der Waals surface area contributed by atoms with E-state index >= 15 is 0 Å². The number of rotatable bonds is 5. The molecule has 0 bridgehead atoms. The maximum atomic E-state index is 12.4. The van der Waals surface area contributed by atoms with Gasteiger partial charge in [-0.2, -0.15) is 5.10 Å². The number of nitrogens with zero attached hydrogens (tertiary/aromatic N) is 3. The van der Waals surface area contributed by atoms with E-state index in [1.165, 1.54) is 0 Å². The summed E-state index contributed by atoms with van der Waals surface area (Å²) in [6.45, 7) is 5.31. The van der Waals surface area contributed by atoms with Crippen molar-refractivity contribution in [3.63, 3.8) is 0 Å². The van der Waals surface area contributed by atoms with Crippen molar-refractivity contribution >= 4 is 45.0 Å². The molecule has 3 aromatic rings. The molecule has 2 N–H and O–H groups in total. The fourth-order valence-electron chi connectivity index (χ4n) is 2.78. The van der Waals surface area contributed by atoms with Crippen molar-refractivity contribution in [3.8, 4) is 0 Å². The monoisotopic (exact) mass is 407 g/mol. The fourth-order valence-corrected chi connectivity index (χ4v) is 3.61. The quantitative estimate of drug-likeness (QED) is 0.637. The Kier molecular flexibility index (Phi) is 4.86. The summed E-state index contributed by atoms with van der Waals surface area (Å²) in [5, 5.41) is 10.9. The highest BCUT2D eigenvalue weighted by atomic mass is 79.9. The van der Waals surface area contributed by atoms with Gasteiger partial charge in [0.1, 0.15) is 6.54 Å². The minimum absolute atomic E-state index is 0.0667. The minimum Gasteiger partial charge on any atom is -0.347 e. The first kappa shape index (κ1) is 16.9. The van der Waals surface area contributed by atoms with Gasteiger partial charge in [-0.1, -0.05) is 18.2 Å². The smallest absolute Gasteiger partial charge is 0.240 e. The van der Waals surface area contributed by atoms with Gasteiger partial charge in [0.05, 0.1) is 6.54 Å². The molecule has 0 saturated heterocycles. The molecule has 0 saturated carbocycles. The van der Waals surface area contributed by atoms with Gasteiger partial charge >= 0.3 is 0 Å². The summed E-state index contributed by atoms with van der Waals surface area (Å²) in [6, 6.07) is 8.02. The van der Waals surface area contributed by atoms with Crippen molar-refractivity contribution in [1.29, 1.82) is 0 Å². The zero-order valence-electron chi connectivity index (χ0n) is 13.5. The van der Waals surface area contributed by atoms with Gasteiger partial charge in [0.2, 0.25) is 5.91 Å². The second-order valence-corrected chi connectivity index (χ2v) is 6.65. The Morgan fingerprint density at radius 1 is 1.38 bits per heavy atom. The lowest BCUT2D eigenvalue weighted by atomic mass is 10.2. The Balaban J connectivity index is 1.76. The Labute approximate surface area is 153 Å². The van der Waals surface area contributed by atoms with Gasteiger partial charge in [0.15, 0.2) is 10.6 Å². The predicted molar refractivity (Wildman–Crippen MR) is 99.3 cm³/mol. The Hall–Kier alpha value is -1.93. The number of hydrogen-bond donors (Lipinski definition) is 2. The molecular weight excluding hydrogens is 390 g/mol. The highest BCUT2D eigenvalue weighted by molar-refractivity contribution is 9.10. The molecule has 2 heterocycles. The van der Waals surface area contributed by atoms with Crippen molar-refractivity contribution in [2.45, 2.75) is 33.5 Å². The topological polar surface area (TPSA) is 67.6 Å². The third kappa shape index (κ3) is 3.03. The van der Waals surface area contributed by atoms with Crippen molar-refractivity contribution in [2.75, 3.05) is 0 Å². The van der Waals surface area contributed by atoms with Crippen molar-refractivity contribution in [1.82, 2.24) is 24.6 Å². The molecule has 1 aromatic carbocycles. The van der Waals surface area contributed by atoms with Crippen LogP contribution in [0.4, 0.5) is 0 Å². The number of halogens is 1. The normalized spacial score (nSPS) is 11.1. The predicted octanol–water partition coefficient (Wildman–Crippen LogP) is 3.30. The molecule has 126 valence electrons. The fraction of sp³-hybridized carbons (Fsp3) is 0.312. The zero-order valence-corrected chi connectivity index (χ0v) is 15.9. The van der Waals surface area contributed by atoms with Crippen LogP contribution in [0.3, 0.4) is 0 Å². The van der Waals surface area contributed by atoms with E-state index in [1.807, 2.05) is 47.2 Å². The molecule has 0 aliphatic heterocycles. The van der Waals surface area contributed by atoms with Gasteiger partial charge < -0.3 is 14.5 Å². The number of nitrogens with one attached hydrogen (secondary N) is 2. The van der Waals surface area contributed by atoms with Crippen LogP contribution in [0.2, 0.25) is 0 Å². The van der Waals surface area contributed by atoms with Crippen LogP contribution in [0, 0.1) is 11.7 Å². The lowest BCUT2D eigenvalue weighted by Crippen LogP contribution is -2.28. The van der Waals surface area contributed by atoms with E-state index < -0.39 is 0 Å². The number of carbonyl (C=O) groups is 1. The molecule has 2 aromatic heterocycles. The standard InChI is InChI=1S/C16H18BrN5OS/c1-3-21-13(19-20-16(21)24)8-18-14(23)9-22-10(2)15(17)11-6-4-5-7-12(11)22/h4-7H,3,8-9H2,1-2H3,(H,18,23)(H,20,24). The van der Waals surface area contributed by atoms with Gasteiger partial charge in [-0.25, -0.2) is 0 Å². The maximum absolute atomic E-state index is 12.4. The van der Waals surface area contributed by atoms with Gasteiger partial charge in [-0.3, -0.25) is 9.89 Å². The Morgan fingerprint density at radius 3 is 2.88 bits per heavy atom. The average Bonchev–Trinajstić information content (AvgIpc) is 3.06. The average molecular weight is 408 g/mol. The summed E-state index contributed by atoms with van der Waals surface area (Å²) < 4.78 is 5.46. The lowest BCUT2D eigenvalue weighted by molar-refractivity contribution is -0.121. The largest absolute Gasteiger partial charge is 0.347 e. The highest BCUT2D eigenvalue weighted by Gasteiger charge is 2.14. The first-order valence-electron chi connectivity index (χ1n) is 7.67. The number of benzene rings is 1. The first-order chi connectivity index (χ1) is 11.5. The van der Waals surface area contributed by atoms with Gasteiger partial charge in [0.25, 0.3) is 0 Å². The van der Waals surface area contributed by atoms with Crippen LogP contribution in [0.5, 0.6) is 0 Å². The molecule has 3 rings (SSSR count). The molecule has 6 nitrogen and oxygen atoms in total. The second-order valence-electron chi connectivity index (χ2n) is 5.47. The number of aromatic nitrogens is 4. The molecule has 0 unspecified atom stereocenters. The molecule has 8 heteroatoms. The van der Waals surface area contributed by atoms with Crippen LogP contribution in [-0.2, 0) is 24.4 Å². The Bertz CT molecular complexity index is 955. The number of H-pyrrole nitrogens is 1. The van der Waals surface area contributed by atoms with E-state index in [0.29, 0.717) is 11.3 Å². The number of fused-ring (bicyclic) bond motifs is 1. The van der Waals surface area contributed by atoms with Crippen LogP contribution in [-0.4, -0.2) is 25.2 Å². The van der Waals surface area contributed by atoms with Crippen LogP contribution in [0.25, 0.3) is 10.9 Å². The number of aromatic amines is 1. The summed E-state index contributed by atoms with van der Waals surface area (Å²) in [5.41, 5.74) is 2.07. The van der Waals surface area contributed by atoms with Crippen LogP contribution < -0.4 is 5.32 Å². The summed E-state index contributed by atoms with van der Waals surface area (Å²) >= 11 is 8.76. The molecule has 1 amide bonds. The summed E-state index contributed by atoms with van der Waals surface area (Å²) in [5.74, 6) is 0.661. The number of amides is 1. The second kappa shape index (κ2) is 6.90. The molecule has 0 aliphatic carbocycles. The molecule has 0 atom stereocenters. The highest BCUT2D eigenvalue weighted by Crippen LogP contribution is 2.30. The molecule has 0 spiro atoms. The third-order valence-electron chi connectivity index (χ3n) is 4.05. The molecule has 0 radical (unpaired) electrons. The summed E-state index contributed by atoms with van der Waals surface area (Å²) in [6.07, 6.45) is 0. The minimum atomic E-state index is -0.0667. The van der Waals surface area contributed by atoms with E-state index in [4.69, 9.17) is 12.2 Å². The van der Waals surface area contributed by atoms with E-state index in [2.05, 4.69) is 31.4 Å². The number of carbonyl (C=O) groups excluding carboxylic acids is 1. The van der Waals surface area contributed by atoms with E-state index in [-0.39, 0.29) is 12.5 Å². The molecule has 0 aliphatic rings.